The second kappa shape index (κ2) is 8.73. The summed E-state index contributed by atoms with van der Waals surface area (Å²) in [5.41, 5.74) is 1.35. The van der Waals surface area contributed by atoms with E-state index in [1.807, 2.05) is 37.3 Å². The van der Waals surface area contributed by atoms with Crippen LogP contribution in [0, 0.1) is 0 Å². The van der Waals surface area contributed by atoms with Crippen LogP contribution in [-0.4, -0.2) is 18.5 Å². The lowest BCUT2D eigenvalue weighted by molar-refractivity contribution is -0.137. The Morgan fingerprint density at radius 1 is 1.00 bits per heavy atom. The van der Waals surface area contributed by atoms with Crippen LogP contribution in [0.5, 0.6) is 5.75 Å². The van der Waals surface area contributed by atoms with Gasteiger partial charge in [0.05, 0.1) is 18.6 Å². The fourth-order valence-electron chi connectivity index (χ4n) is 2.04. The van der Waals surface area contributed by atoms with E-state index < -0.39 is 11.9 Å². The first kappa shape index (κ1) is 16.7. The van der Waals surface area contributed by atoms with Gasteiger partial charge < -0.3 is 9.47 Å². The fourth-order valence-corrected chi connectivity index (χ4v) is 2.04. The average molecular weight is 312 g/mol. The summed E-state index contributed by atoms with van der Waals surface area (Å²) in [5.74, 6) is -0.582. The van der Waals surface area contributed by atoms with E-state index in [9.17, 15) is 9.59 Å². The van der Waals surface area contributed by atoms with E-state index in [1.54, 1.807) is 24.3 Å². The Balaban J connectivity index is 1.87. The second-order valence-electron chi connectivity index (χ2n) is 5.12. The van der Waals surface area contributed by atoms with Crippen LogP contribution in [0.15, 0.2) is 54.6 Å². The number of carbonyl (C=O) groups is 2. The highest BCUT2D eigenvalue weighted by Gasteiger charge is 2.13. The summed E-state index contributed by atoms with van der Waals surface area (Å²) < 4.78 is 10.3. The number of rotatable bonds is 7. The van der Waals surface area contributed by atoms with Crippen LogP contribution in [-0.2, 0) is 16.0 Å². The van der Waals surface area contributed by atoms with E-state index >= 15 is 0 Å². The van der Waals surface area contributed by atoms with Crippen molar-refractivity contribution in [2.75, 3.05) is 6.61 Å². The van der Waals surface area contributed by atoms with Crippen LogP contribution in [0.1, 0.15) is 35.7 Å². The molecule has 0 saturated carbocycles. The fraction of sp³-hybridized carbons (Fsp3) is 0.263. The number of carbonyl (C=O) groups excluding carboxylic acids is 2. The molecule has 0 aromatic heterocycles. The molecular formula is C19H20O4. The highest BCUT2D eigenvalue weighted by molar-refractivity contribution is 5.97. The largest absolute Gasteiger partial charge is 0.494 e. The van der Waals surface area contributed by atoms with Gasteiger partial charge in [-0.15, -0.1) is 0 Å². The zero-order valence-electron chi connectivity index (χ0n) is 13.2. The van der Waals surface area contributed by atoms with Crippen LogP contribution in [0.2, 0.25) is 0 Å². The van der Waals surface area contributed by atoms with Gasteiger partial charge in [-0.05, 0) is 36.6 Å². The van der Waals surface area contributed by atoms with Crippen LogP contribution in [0.3, 0.4) is 0 Å². The summed E-state index contributed by atoms with van der Waals surface area (Å²) in [5, 5.41) is 0. The molecule has 2 aromatic carbocycles. The van der Waals surface area contributed by atoms with E-state index in [1.165, 1.54) is 0 Å². The third-order valence-electron chi connectivity index (χ3n) is 3.21. The smallest absolute Gasteiger partial charge is 0.345 e. The van der Waals surface area contributed by atoms with E-state index in [2.05, 4.69) is 0 Å². The highest BCUT2D eigenvalue weighted by atomic mass is 16.6. The van der Waals surface area contributed by atoms with Crippen molar-refractivity contribution < 1.29 is 19.1 Å². The number of esters is 2. The summed E-state index contributed by atoms with van der Waals surface area (Å²) in [7, 11) is 0. The maximum atomic E-state index is 12.0. The number of hydrogen-bond acceptors (Lipinski definition) is 4. The molecule has 0 aliphatic heterocycles. The normalized spacial score (nSPS) is 10.1. The molecule has 0 radical (unpaired) electrons. The topological polar surface area (TPSA) is 52.6 Å². The van der Waals surface area contributed by atoms with E-state index in [0.717, 1.165) is 12.0 Å². The molecule has 0 spiro atoms. The van der Waals surface area contributed by atoms with Gasteiger partial charge in [0, 0.05) is 0 Å². The average Bonchev–Trinajstić information content (AvgIpc) is 2.59. The third-order valence-corrected chi connectivity index (χ3v) is 3.21. The summed E-state index contributed by atoms with van der Waals surface area (Å²) in [6, 6.07) is 16.3. The minimum absolute atomic E-state index is 0.168. The zero-order valence-corrected chi connectivity index (χ0v) is 13.2. The minimum atomic E-state index is -0.648. The Morgan fingerprint density at radius 3 is 2.52 bits per heavy atom. The van der Waals surface area contributed by atoms with Crippen molar-refractivity contribution in [1.82, 2.24) is 0 Å². The molecule has 0 aliphatic rings. The standard InChI is InChI=1S/C19H20O4/c1-2-13-22-17-10-6-9-16(14-17)19(21)23-18(20)12-11-15-7-4-3-5-8-15/h3-10,14H,2,11-13H2,1H3. The van der Waals surface area contributed by atoms with Gasteiger partial charge in [0.25, 0.3) is 0 Å². The summed E-state index contributed by atoms with van der Waals surface area (Å²) >= 11 is 0. The Kier molecular flexibility index (Phi) is 6.36. The molecule has 0 heterocycles. The zero-order chi connectivity index (χ0) is 16.5. The van der Waals surface area contributed by atoms with Crippen molar-refractivity contribution in [2.45, 2.75) is 26.2 Å². The maximum Gasteiger partial charge on any atom is 0.345 e. The van der Waals surface area contributed by atoms with Crippen LogP contribution >= 0.6 is 0 Å². The van der Waals surface area contributed by atoms with Crippen molar-refractivity contribution in [2.24, 2.45) is 0 Å². The van der Waals surface area contributed by atoms with Gasteiger partial charge >= 0.3 is 11.9 Å². The molecule has 120 valence electrons. The second-order valence-corrected chi connectivity index (χ2v) is 5.12. The van der Waals surface area contributed by atoms with Gasteiger partial charge in [-0.1, -0.05) is 43.3 Å². The van der Waals surface area contributed by atoms with Crippen molar-refractivity contribution in [3.8, 4) is 5.75 Å². The molecule has 0 bridgehead atoms. The third kappa shape index (κ3) is 5.58. The maximum absolute atomic E-state index is 12.0. The Labute approximate surface area is 136 Å². The molecule has 0 aliphatic carbocycles. The first-order chi connectivity index (χ1) is 11.2. The quantitative estimate of drug-likeness (QED) is 0.576. The van der Waals surface area contributed by atoms with Crippen molar-refractivity contribution in [3.05, 3.63) is 65.7 Å². The van der Waals surface area contributed by atoms with Crippen molar-refractivity contribution in [1.29, 1.82) is 0 Å². The van der Waals surface area contributed by atoms with E-state index in [4.69, 9.17) is 9.47 Å². The minimum Gasteiger partial charge on any atom is -0.494 e. The molecule has 0 atom stereocenters. The molecule has 0 fully saturated rings. The first-order valence-corrected chi connectivity index (χ1v) is 7.71. The summed E-state index contributed by atoms with van der Waals surface area (Å²) in [6.45, 7) is 2.58. The molecule has 0 N–H and O–H groups in total. The van der Waals surface area contributed by atoms with Crippen LogP contribution < -0.4 is 4.74 Å². The lowest BCUT2D eigenvalue weighted by atomic mass is 10.1. The summed E-state index contributed by atoms with van der Waals surface area (Å²) in [6.07, 6.45) is 1.60. The number of benzene rings is 2. The predicted octanol–water partition coefficient (Wildman–Crippen LogP) is 3.79. The van der Waals surface area contributed by atoms with E-state index in [-0.39, 0.29) is 6.42 Å². The van der Waals surface area contributed by atoms with Crippen molar-refractivity contribution in [3.63, 3.8) is 0 Å². The number of hydrogen-bond donors (Lipinski definition) is 0. The Morgan fingerprint density at radius 2 is 1.78 bits per heavy atom. The number of aryl methyl sites for hydroxylation is 1. The number of ether oxygens (including phenoxy) is 2. The Bertz CT molecular complexity index is 649. The molecular weight excluding hydrogens is 292 g/mol. The van der Waals surface area contributed by atoms with Crippen LogP contribution in [0.4, 0.5) is 0 Å². The van der Waals surface area contributed by atoms with Gasteiger partial charge in [-0.2, -0.15) is 0 Å². The Hall–Kier alpha value is -2.62. The predicted molar refractivity (Wildman–Crippen MR) is 87.4 cm³/mol. The molecule has 0 unspecified atom stereocenters. The molecule has 4 heteroatoms. The lowest BCUT2D eigenvalue weighted by Crippen LogP contribution is -2.13. The highest BCUT2D eigenvalue weighted by Crippen LogP contribution is 2.15. The molecule has 23 heavy (non-hydrogen) atoms. The van der Waals surface area contributed by atoms with Crippen molar-refractivity contribution >= 4 is 11.9 Å². The van der Waals surface area contributed by atoms with Gasteiger partial charge in [0.15, 0.2) is 0 Å². The molecule has 2 rings (SSSR count). The summed E-state index contributed by atoms with van der Waals surface area (Å²) in [4.78, 5) is 23.8. The monoisotopic (exact) mass is 312 g/mol. The lowest BCUT2D eigenvalue weighted by Gasteiger charge is -2.07. The molecule has 0 saturated heterocycles. The van der Waals surface area contributed by atoms with Gasteiger partial charge in [0.1, 0.15) is 5.75 Å². The molecule has 0 amide bonds. The molecule has 2 aromatic rings. The van der Waals surface area contributed by atoms with E-state index in [0.29, 0.717) is 24.3 Å². The SMILES string of the molecule is CCCOc1cccc(C(=O)OC(=O)CCc2ccccc2)c1. The van der Waals surface area contributed by atoms with Gasteiger partial charge in [-0.3, -0.25) is 4.79 Å². The van der Waals surface area contributed by atoms with Gasteiger partial charge in [0.2, 0.25) is 0 Å². The molecule has 4 nitrogen and oxygen atoms in total. The van der Waals surface area contributed by atoms with Crippen LogP contribution in [0.25, 0.3) is 0 Å². The first-order valence-electron chi connectivity index (χ1n) is 7.71. The van der Waals surface area contributed by atoms with Gasteiger partial charge in [-0.25, -0.2) is 4.79 Å².